The maximum atomic E-state index is 5.19. The minimum Gasteiger partial charge on any atom is -0.265 e. The zero-order valence-electron chi connectivity index (χ0n) is 26.0. The molecule has 0 unspecified atom stereocenters. The molecule has 0 bridgehead atoms. The Hall–Kier alpha value is -6.52. The molecular weight excluding hydrogens is 585 g/mol. The van der Waals surface area contributed by atoms with Gasteiger partial charge in [0.15, 0.2) is 0 Å². The van der Waals surface area contributed by atoms with Crippen LogP contribution in [0, 0.1) is 0 Å². The first-order valence-corrected chi connectivity index (χ1v) is 16.0. The van der Waals surface area contributed by atoms with Gasteiger partial charge in [-0.2, -0.15) is 0 Å². The van der Waals surface area contributed by atoms with Crippen LogP contribution in [0.5, 0.6) is 0 Å². The molecule has 0 amide bonds. The summed E-state index contributed by atoms with van der Waals surface area (Å²) in [5.74, 6) is 0. The lowest BCUT2D eigenvalue weighted by Crippen LogP contribution is -1.92. The van der Waals surface area contributed by atoms with Crippen molar-refractivity contribution in [1.82, 2.24) is 19.9 Å². The number of benzene rings is 5. The van der Waals surface area contributed by atoms with E-state index in [2.05, 4.69) is 131 Å². The van der Waals surface area contributed by atoms with Crippen LogP contribution in [0.25, 0.3) is 88.5 Å². The Bertz CT molecular complexity index is 2520. The van der Waals surface area contributed by atoms with Gasteiger partial charge < -0.3 is 0 Å². The van der Waals surface area contributed by atoms with Gasteiger partial charge in [0.1, 0.15) is 0 Å². The van der Waals surface area contributed by atoms with Gasteiger partial charge in [-0.3, -0.25) is 9.97 Å². The van der Waals surface area contributed by atoms with Crippen molar-refractivity contribution in [2.24, 2.45) is 0 Å². The second kappa shape index (κ2) is 11.7. The van der Waals surface area contributed by atoms with E-state index < -0.39 is 0 Å². The molecule has 48 heavy (non-hydrogen) atoms. The van der Waals surface area contributed by atoms with E-state index in [1.165, 1.54) is 21.5 Å². The van der Waals surface area contributed by atoms with E-state index in [-0.39, 0.29) is 0 Å². The summed E-state index contributed by atoms with van der Waals surface area (Å²) in [5, 5.41) is 6.07. The fourth-order valence-electron chi connectivity index (χ4n) is 6.68. The molecule has 9 rings (SSSR count). The van der Waals surface area contributed by atoms with Crippen LogP contribution >= 0.6 is 0 Å². The highest BCUT2D eigenvalue weighted by Gasteiger charge is 2.14. The van der Waals surface area contributed by atoms with Crippen LogP contribution in [0.3, 0.4) is 0 Å². The molecule has 0 atom stereocenters. The molecule has 4 aromatic heterocycles. The third-order valence-electron chi connectivity index (χ3n) is 9.05. The zero-order valence-corrected chi connectivity index (χ0v) is 26.0. The fraction of sp³-hybridized carbons (Fsp3) is 0. The summed E-state index contributed by atoms with van der Waals surface area (Å²) in [6.07, 6.45) is 7.22. The summed E-state index contributed by atoms with van der Waals surface area (Å²) in [5.41, 5.74) is 11.5. The van der Waals surface area contributed by atoms with Gasteiger partial charge in [-0.1, -0.05) is 97.1 Å². The number of para-hydroxylation sites is 1. The van der Waals surface area contributed by atoms with Crippen molar-refractivity contribution in [3.63, 3.8) is 0 Å². The van der Waals surface area contributed by atoms with Crippen molar-refractivity contribution < 1.29 is 0 Å². The number of nitrogens with zero attached hydrogens (tertiary/aromatic N) is 4. The topological polar surface area (TPSA) is 51.6 Å². The lowest BCUT2D eigenvalue weighted by atomic mass is 9.94. The molecule has 224 valence electrons. The fourth-order valence-corrected chi connectivity index (χ4v) is 6.68. The maximum absolute atomic E-state index is 5.19. The molecule has 0 radical (unpaired) electrons. The van der Waals surface area contributed by atoms with Crippen LogP contribution in [0.4, 0.5) is 0 Å². The summed E-state index contributed by atoms with van der Waals surface area (Å²) >= 11 is 0. The Balaban J connectivity index is 1.13. The Morgan fingerprint density at radius 3 is 1.65 bits per heavy atom. The molecule has 0 saturated carbocycles. The second-order valence-electron chi connectivity index (χ2n) is 11.9. The average molecular weight is 613 g/mol. The first kappa shape index (κ1) is 27.8. The molecule has 0 fully saturated rings. The standard InChI is InChI=1S/C44H28N4/c1-2-9-37-30(6-1)16-17-39-43(37)38-10-3-4-11-40(38)48-44(39)33-14-12-29(13-15-33)34-7-5-8-35(26-34)36-27-41(31-18-22-45-23-19-31)47-42(28-36)32-20-24-46-25-21-32/h1-28H. The van der Waals surface area contributed by atoms with Crippen LogP contribution in [0.2, 0.25) is 0 Å². The first-order valence-electron chi connectivity index (χ1n) is 16.0. The Morgan fingerprint density at radius 1 is 0.333 bits per heavy atom. The molecule has 0 saturated heterocycles. The first-order chi connectivity index (χ1) is 23.8. The van der Waals surface area contributed by atoms with Crippen molar-refractivity contribution in [3.05, 3.63) is 170 Å². The minimum absolute atomic E-state index is 0.902. The van der Waals surface area contributed by atoms with E-state index >= 15 is 0 Å². The van der Waals surface area contributed by atoms with Crippen molar-refractivity contribution in [1.29, 1.82) is 0 Å². The average Bonchev–Trinajstić information content (AvgIpc) is 3.18. The van der Waals surface area contributed by atoms with E-state index in [4.69, 9.17) is 9.97 Å². The van der Waals surface area contributed by atoms with Gasteiger partial charge in [-0.05, 0) is 81.6 Å². The Labute approximate surface area is 278 Å². The molecule has 5 aromatic carbocycles. The van der Waals surface area contributed by atoms with Gasteiger partial charge in [0, 0.05) is 57.6 Å². The number of aromatic nitrogens is 4. The summed E-state index contributed by atoms with van der Waals surface area (Å²) < 4.78 is 0. The molecule has 9 aromatic rings. The van der Waals surface area contributed by atoms with Crippen LogP contribution in [0.1, 0.15) is 0 Å². The van der Waals surface area contributed by atoms with Crippen molar-refractivity contribution in [3.8, 4) is 56.0 Å². The molecule has 0 aliphatic rings. The van der Waals surface area contributed by atoms with E-state index in [1.54, 1.807) is 24.8 Å². The predicted octanol–water partition coefficient (Wildman–Crippen LogP) is 11.1. The summed E-state index contributed by atoms with van der Waals surface area (Å²) in [7, 11) is 0. The van der Waals surface area contributed by atoms with Crippen LogP contribution in [-0.4, -0.2) is 19.9 Å². The van der Waals surface area contributed by atoms with Gasteiger partial charge in [0.05, 0.1) is 22.6 Å². The van der Waals surface area contributed by atoms with Crippen molar-refractivity contribution in [2.45, 2.75) is 0 Å². The summed E-state index contributed by atoms with van der Waals surface area (Å²) in [6, 6.07) is 51.3. The number of hydrogen-bond donors (Lipinski definition) is 0. The number of rotatable bonds is 5. The van der Waals surface area contributed by atoms with Crippen LogP contribution in [-0.2, 0) is 0 Å². The van der Waals surface area contributed by atoms with Gasteiger partial charge >= 0.3 is 0 Å². The normalized spacial score (nSPS) is 11.3. The lowest BCUT2D eigenvalue weighted by molar-refractivity contribution is 1.27. The van der Waals surface area contributed by atoms with Gasteiger partial charge in [-0.25, -0.2) is 9.97 Å². The molecule has 4 heterocycles. The Kier molecular flexibility index (Phi) is 6.76. The van der Waals surface area contributed by atoms with E-state index in [1.807, 2.05) is 24.3 Å². The smallest absolute Gasteiger partial charge is 0.0788 e. The Morgan fingerprint density at radius 2 is 0.938 bits per heavy atom. The molecule has 0 spiro atoms. The quantitative estimate of drug-likeness (QED) is 0.181. The number of pyridine rings is 4. The molecule has 0 aliphatic heterocycles. The van der Waals surface area contributed by atoms with E-state index in [0.29, 0.717) is 0 Å². The highest BCUT2D eigenvalue weighted by Crippen LogP contribution is 2.38. The van der Waals surface area contributed by atoms with Crippen LogP contribution in [0.15, 0.2) is 170 Å². The molecule has 4 nitrogen and oxygen atoms in total. The second-order valence-corrected chi connectivity index (χ2v) is 11.9. The monoisotopic (exact) mass is 612 g/mol. The van der Waals surface area contributed by atoms with E-state index in [0.717, 1.165) is 66.9 Å². The van der Waals surface area contributed by atoms with Crippen molar-refractivity contribution in [2.75, 3.05) is 0 Å². The van der Waals surface area contributed by atoms with Crippen molar-refractivity contribution >= 4 is 32.4 Å². The minimum atomic E-state index is 0.902. The lowest BCUT2D eigenvalue weighted by Gasteiger charge is -2.13. The number of hydrogen-bond acceptors (Lipinski definition) is 4. The predicted molar refractivity (Wildman–Crippen MR) is 197 cm³/mol. The van der Waals surface area contributed by atoms with E-state index in [9.17, 15) is 0 Å². The largest absolute Gasteiger partial charge is 0.265 e. The summed E-state index contributed by atoms with van der Waals surface area (Å²) in [4.78, 5) is 18.6. The van der Waals surface area contributed by atoms with Gasteiger partial charge in [0.2, 0.25) is 0 Å². The zero-order chi connectivity index (χ0) is 31.9. The maximum Gasteiger partial charge on any atom is 0.0788 e. The van der Waals surface area contributed by atoms with Gasteiger partial charge in [-0.15, -0.1) is 0 Å². The van der Waals surface area contributed by atoms with Crippen LogP contribution < -0.4 is 0 Å². The summed E-state index contributed by atoms with van der Waals surface area (Å²) in [6.45, 7) is 0. The molecular formula is C44H28N4. The highest BCUT2D eigenvalue weighted by molar-refractivity contribution is 6.22. The SMILES string of the molecule is c1cc(-c2ccc(-c3nc4ccccc4c4c3ccc3ccccc34)cc2)cc(-c2cc(-c3ccncc3)nc(-c3ccncc3)c2)c1. The van der Waals surface area contributed by atoms with Gasteiger partial charge in [0.25, 0.3) is 0 Å². The molecule has 0 N–H and O–H groups in total. The third kappa shape index (κ3) is 4.97. The third-order valence-corrected chi connectivity index (χ3v) is 9.05. The number of fused-ring (bicyclic) bond motifs is 5. The highest BCUT2D eigenvalue weighted by atomic mass is 14.7. The molecule has 0 aliphatic carbocycles. The molecule has 4 heteroatoms.